The molecule has 2 aliphatic rings. The first-order valence-electron chi connectivity index (χ1n) is 11.0. The van der Waals surface area contributed by atoms with Gasteiger partial charge in [0.15, 0.2) is 0 Å². The second-order valence-corrected chi connectivity index (χ2v) is 8.74. The standard InChI is InChI=1S/C25H29F5/c1-2-17-7-9-18(10-8-17)5-3-4-6-19-11-13-20(14-12-19)21-15-22(26)24(23(27)16-21)25(28,29)30/h3,5,15-20H,2,7-14H2,1H3/b5-3+/t17-,18-,19-,20-. The van der Waals surface area contributed by atoms with Crippen LogP contribution in [0.25, 0.3) is 0 Å². The maximum atomic E-state index is 13.8. The van der Waals surface area contributed by atoms with Gasteiger partial charge in [0.25, 0.3) is 0 Å². The summed E-state index contributed by atoms with van der Waals surface area (Å²) in [7, 11) is 0. The SMILES string of the molecule is CC[C@H]1CC[C@H](/C=C/C#C[C@H]2CC[C@H](c3cc(F)c(C(F)(F)F)c(F)c3)CC2)CC1. The van der Waals surface area contributed by atoms with Gasteiger partial charge in [-0.2, -0.15) is 13.2 Å². The van der Waals surface area contributed by atoms with Crippen molar-refractivity contribution in [2.24, 2.45) is 17.8 Å². The van der Waals surface area contributed by atoms with Crippen LogP contribution < -0.4 is 0 Å². The average molecular weight is 424 g/mol. The van der Waals surface area contributed by atoms with E-state index in [1.807, 2.05) is 6.08 Å². The lowest BCUT2D eigenvalue weighted by Gasteiger charge is -2.26. The van der Waals surface area contributed by atoms with E-state index in [0.717, 1.165) is 30.9 Å². The van der Waals surface area contributed by atoms with Gasteiger partial charge in [-0.15, -0.1) is 0 Å². The van der Waals surface area contributed by atoms with Crippen molar-refractivity contribution in [3.63, 3.8) is 0 Å². The molecule has 0 unspecified atom stereocenters. The number of alkyl halides is 3. The minimum absolute atomic E-state index is 0.126. The van der Waals surface area contributed by atoms with E-state index in [1.165, 1.54) is 32.1 Å². The molecule has 2 saturated carbocycles. The van der Waals surface area contributed by atoms with E-state index in [9.17, 15) is 22.0 Å². The van der Waals surface area contributed by atoms with E-state index in [-0.39, 0.29) is 11.8 Å². The third-order valence-corrected chi connectivity index (χ3v) is 6.75. The number of hydrogen-bond acceptors (Lipinski definition) is 0. The molecule has 1 aromatic rings. The third kappa shape index (κ3) is 5.86. The Morgan fingerprint density at radius 3 is 2.07 bits per heavy atom. The summed E-state index contributed by atoms with van der Waals surface area (Å²) in [6, 6.07) is 1.69. The molecular weight excluding hydrogens is 395 g/mol. The van der Waals surface area contributed by atoms with Gasteiger partial charge in [-0.1, -0.05) is 31.3 Å². The molecule has 2 fully saturated rings. The van der Waals surface area contributed by atoms with Gasteiger partial charge >= 0.3 is 6.18 Å². The molecule has 0 bridgehead atoms. The maximum Gasteiger partial charge on any atom is 0.422 e. The van der Waals surface area contributed by atoms with Gasteiger partial charge in [0.05, 0.1) is 0 Å². The molecule has 0 amide bonds. The summed E-state index contributed by atoms with van der Waals surface area (Å²) < 4.78 is 65.9. The second-order valence-electron chi connectivity index (χ2n) is 8.74. The average Bonchev–Trinajstić information content (AvgIpc) is 2.70. The van der Waals surface area contributed by atoms with Crippen LogP contribution in [-0.4, -0.2) is 0 Å². The van der Waals surface area contributed by atoms with Gasteiger partial charge in [0.1, 0.15) is 17.2 Å². The molecular formula is C25H29F5. The van der Waals surface area contributed by atoms with E-state index in [1.54, 1.807) is 0 Å². The Bertz CT molecular complexity index is 772. The van der Waals surface area contributed by atoms with E-state index < -0.39 is 23.4 Å². The molecule has 0 saturated heterocycles. The van der Waals surface area contributed by atoms with Gasteiger partial charge in [-0.25, -0.2) is 8.78 Å². The lowest BCUT2D eigenvalue weighted by atomic mass is 9.78. The van der Waals surface area contributed by atoms with Crippen LogP contribution in [0.1, 0.15) is 81.8 Å². The molecule has 3 rings (SSSR count). The summed E-state index contributed by atoms with van der Waals surface area (Å²) in [5, 5.41) is 0. The van der Waals surface area contributed by atoms with Crippen molar-refractivity contribution in [1.29, 1.82) is 0 Å². The smallest absolute Gasteiger partial charge is 0.206 e. The summed E-state index contributed by atoms with van der Waals surface area (Å²) in [4.78, 5) is 0. The van der Waals surface area contributed by atoms with Crippen LogP contribution in [0.15, 0.2) is 24.3 Å². The van der Waals surface area contributed by atoms with E-state index >= 15 is 0 Å². The lowest BCUT2D eigenvalue weighted by molar-refractivity contribution is -0.142. The topological polar surface area (TPSA) is 0 Å². The molecule has 1 aromatic carbocycles. The van der Waals surface area contributed by atoms with Crippen molar-refractivity contribution in [1.82, 2.24) is 0 Å². The van der Waals surface area contributed by atoms with Crippen molar-refractivity contribution in [3.05, 3.63) is 47.0 Å². The first-order valence-corrected chi connectivity index (χ1v) is 11.0. The van der Waals surface area contributed by atoms with E-state index in [2.05, 4.69) is 24.8 Å². The summed E-state index contributed by atoms with van der Waals surface area (Å²) >= 11 is 0. The zero-order chi connectivity index (χ0) is 21.7. The highest BCUT2D eigenvalue weighted by molar-refractivity contribution is 5.31. The van der Waals surface area contributed by atoms with Gasteiger partial charge in [0, 0.05) is 5.92 Å². The highest BCUT2D eigenvalue weighted by atomic mass is 19.4. The number of hydrogen-bond donors (Lipinski definition) is 0. The second kappa shape index (κ2) is 9.98. The van der Waals surface area contributed by atoms with E-state index in [4.69, 9.17) is 0 Å². The highest BCUT2D eigenvalue weighted by Crippen LogP contribution is 2.39. The van der Waals surface area contributed by atoms with Crippen LogP contribution >= 0.6 is 0 Å². The van der Waals surface area contributed by atoms with Crippen molar-refractivity contribution in [3.8, 4) is 11.8 Å². The Kier molecular flexibility index (Phi) is 7.60. The molecule has 5 heteroatoms. The Morgan fingerprint density at radius 1 is 0.933 bits per heavy atom. The van der Waals surface area contributed by atoms with Crippen molar-refractivity contribution in [2.45, 2.75) is 76.8 Å². The number of benzene rings is 1. The van der Waals surface area contributed by atoms with Crippen molar-refractivity contribution < 1.29 is 22.0 Å². The molecule has 0 N–H and O–H groups in total. The Morgan fingerprint density at radius 2 is 1.53 bits per heavy atom. The highest BCUT2D eigenvalue weighted by Gasteiger charge is 2.38. The summed E-state index contributed by atoms with van der Waals surface area (Å²) in [5.41, 5.74) is -1.49. The van der Waals surface area contributed by atoms with Gasteiger partial charge in [-0.05, 0) is 92.9 Å². The maximum absolute atomic E-state index is 13.8. The molecule has 0 radical (unpaired) electrons. The summed E-state index contributed by atoms with van der Waals surface area (Å²) in [5.74, 6) is 4.97. The largest absolute Gasteiger partial charge is 0.422 e. The fourth-order valence-electron chi connectivity index (χ4n) is 4.81. The molecule has 0 nitrogen and oxygen atoms in total. The van der Waals surface area contributed by atoms with Crippen molar-refractivity contribution >= 4 is 0 Å². The third-order valence-electron chi connectivity index (χ3n) is 6.75. The predicted molar refractivity (Wildman–Crippen MR) is 109 cm³/mol. The Hall–Kier alpha value is -1.83. The minimum Gasteiger partial charge on any atom is -0.206 e. The molecule has 0 atom stereocenters. The van der Waals surface area contributed by atoms with Gasteiger partial charge < -0.3 is 0 Å². The fraction of sp³-hybridized carbons (Fsp3) is 0.600. The molecule has 0 aromatic heterocycles. The number of halogens is 5. The fourth-order valence-corrected chi connectivity index (χ4v) is 4.81. The van der Waals surface area contributed by atoms with Crippen LogP contribution in [0.4, 0.5) is 22.0 Å². The normalized spacial score (nSPS) is 27.7. The number of allylic oxidation sites excluding steroid dienone is 2. The van der Waals surface area contributed by atoms with Crippen LogP contribution in [-0.2, 0) is 6.18 Å². The first kappa shape index (κ1) is 22.8. The van der Waals surface area contributed by atoms with E-state index in [0.29, 0.717) is 24.3 Å². The molecule has 0 heterocycles. The molecule has 164 valence electrons. The Balaban J connectivity index is 1.51. The Labute approximate surface area is 175 Å². The van der Waals surface area contributed by atoms with Crippen LogP contribution in [0.5, 0.6) is 0 Å². The first-order chi connectivity index (χ1) is 14.3. The zero-order valence-corrected chi connectivity index (χ0v) is 17.4. The molecule has 2 aliphatic carbocycles. The van der Waals surface area contributed by atoms with Crippen LogP contribution in [0.3, 0.4) is 0 Å². The minimum atomic E-state index is -5.03. The molecule has 0 spiro atoms. The van der Waals surface area contributed by atoms with Crippen LogP contribution in [0.2, 0.25) is 0 Å². The predicted octanol–water partition coefficient (Wildman–Crippen LogP) is 8.03. The van der Waals surface area contributed by atoms with Gasteiger partial charge in [-0.3, -0.25) is 0 Å². The molecule has 30 heavy (non-hydrogen) atoms. The quantitative estimate of drug-likeness (QED) is 0.340. The molecule has 0 aliphatic heterocycles. The van der Waals surface area contributed by atoms with Crippen LogP contribution in [0, 0.1) is 41.2 Å². The zero-order valence-electron chi connectivity index (χ0n) is 17.4. The summed E-state index contributed by atoms with van der Waals surface area (Å²) in [6.07, 6.45) is 8.43. The van der Waals surface area contributed by atoms with Crippen molar-refractivity contribution in [2.75, 3.05) is 0 Å². The van der Waals surface area contributed by atoms with Gasteiger partial charge in [0.2, 0.25) is 0 Å². The number of rotatable bonds is 3. The lowest BCUT2D eigenvalue weighted by Crippen LogP contribution is -2.15. The monoisotopic (exact) mass is 424 g/mol. The summed E-state index contributed by atoms with van der Waals surface area (Å²) in [6.45, 7) is 2.26.